The summed E-state index contributed by atoms with van der Waals surface area (Å²) in [6.07, 6.45) is 6.25. The summed E-state index contributed by atoms with van der Waals surface area (Å²) < 4.78 is 32.6. The van der Waals surface area contributed by atoms with Crippen LogP contribution >= 0.6 is 0 Å². The second-order valence-electron chi connectivity index (χ2n) is 10.6. The van der Waals surface area contributed by atoms with Crippen LogP contribution < -0.4 is 14.4 Å². The molecule has 218 valence electrons. The molecule has 1 saturated carbocycles. The molecule has 0 heterocycles. The maximum atomic E-state index is 13.8. The molecule has 0 aliphatic heterocycles. The lowest BCUT2D eigenvalue weighted by Crippen LogP contribution is -2.52. The highest BCUT2D eigenvalue weighted by Crippen LogP contribution is 2.24. The van der Waals surface area contributed by atoms with Crippen molar-refractivity contribution in [2.75, 3.05) is 17.1 Å². The molecule has 2 amide bonds. The van der Waals surface area contributed by atoms with E-state index in [4.69, 9.17) is 4.74 Å². The smallest absolute Gasteiger partial charge is 0.244 e. The lowest BCUT2D eigenvalue weighted by atomic mass is 9.95. The molecule has 3 aromatic rings. The van der Waals surface area contributed by atoms with Gasteiger partial charge in [-0.25, -0.2) is 8.42 Å². The molecule has 3 aromatic carbocycles. The zero-order chi connectivity index (χ0) is 29.2. The van der Waals surface area contributed by atoms with E-state index in [1.54, 1.807) is 31.2 Å². The van der Waals surface area contributed by atoms with Crippen LogP contribution in [0, 0.1) is 0 Å². The first-order chi connectivity index (χ1) is 19.7. The molecule has 1 atom stereocenters. The number of nitrogens with one attached hydrogen (secondary N) is 1. The Bertz CT molecular complexity index is 1380. The van der Waals surface area contributed by atoms with Gasteiger partial charge in [0, 0.05) is 12.6 Å². The highest BCUT2D eigenvalue weighted by Gasteiger charge is 2.31. The third-order valence-corrected chi connectivity index (χ3v) is 8.51. The molecule has 1 N–H and O–H groups in total. The number of carbonyl (C=O) groups excluding carboxylic acids is 2. The zero-order valence-electron chi connectivity index (χ0n) is 23.7. The van der Waals surface area contributed by atoms with Crippen LogP contribution in [0.25, 0.3) is 0 Å². The Kier molecular flexibility index (Phi) is 10.4. The number of ether oxygens (including phenoxy) is 1. The second kappa shape index (κ2) is 14.2. The Hall–Kier alpha value is -3.85. The first kappa shape index (κ1) is 30.1. The number of amides is 2. The van der Waals surface area contributed by atoms with Crippen LogP contribution in [0.15, 0.2) is 84.9 Å². The van der Waals surface area contributed by atoms with E-state index in [0.717, 1.165) is 47.4 Å². The number of hydrogen-bond donors (Lipinski definition) is 1. The lowest BCUT2D eigenvalue weighted by Gasteiger charge is -2.33. The van der Waals surface area contributed by atoms with E-state index in [1.807, 2.05) is 60.7 Å². The van der Waals surface area contributed by atoms with Crippen LogP contribution in [-0.4, -0.2) is 50.0 Å². The van der Waals surface area contributed by atoms with Crippen LogP contribution in [0.5, 0.6) is 5.75 Å². The molecule has 9 heteroatoms. The molecule has 0 spiro atoms. The molecule has 0 unspecified atom stereocenters. The third-order valence-electron chi connectivity index (χ3n) is 7.37. The summed E-state index contributed by atoms with van der Waals surface area (Å²) in [6.45, 7) is 1.83. The molecule has 0 aromatic heterocycles. The lowest BCUT2D eigenvalue weighted by molar-refractivity contribution is -0.139. The van der Waals surface area contributed by atoms with Gasteiger partial charge in [0.05, 0.1) is 11.9 Å². The number of anilines is 1. The van der Waals surface area contributed by atoms with E-state index in [1.165, 1.54) is 11.3 Å². The van der Waals surface area contributed by atoms with Crippen molar-refractivity contribution in [2.24, 2.45) is 0 Å². The summed E-state index contributed by atoms with van der Waals surface area (Å²) in [7, 11) is -3.81. The molecule has 0 bridgehead atoms. The minimum absolute atomic E-state index is 0.0996. The van der Waals surface area contributed by atoms with Crippen molar-refractivity contribution in [3.05, 3.63) is 96.1 Å². The van der Waals surface area contributed by atoms with E-state index < -0.39 is 28.5 Å². The number of hydrogen-bond acceptors (Lipinski definition) is 5. The summed E-state index contributed by atoms with van der Waals surface area (Å²) in [5, 5.41) is 3.11. The molecular weight excluding hydrogens is 538 g/mol. The van der Waals surface area contributed by atoms with Crippen molar-refractivity contribution in [3.8, 4) is 5.75 Å². The van der Waals surface area contributed by atoms with E-state index in [0.29, 0.717) is 18.0 Å². The first-order valence-electron chi connectivity index (χ1n) is 14.1. The monoisotopic (exact) mass is 577 g/mol. The second-order valence-corrected chi connectivity index (χ2v) is 12.5. The summed E-state index contributed by atoms with van der Waals surface area (Å²) >= 11 is 0. The normalized spacial score (nSPS) is 14.6. The number of nitrogens with zero attached hydrogens (tertiary/aromatic N) is 2. The van der Waals surface area contributed by atoms with E-state index in [2.05, 4.69) is 5.32 Å². The molecule has 0 saturated heterocycles. The molecule has 4 rings (SSSR count). The molecule has 8 nitrogen and oxygen atoms in total. The Morgan fingerprint density at radius 2 is 1.46 bits per heavy atom. The highest BCUT2D eigenvalue weighted by molar-refractivity contribution is 7.92. The Labute approximate surface area is 243 Å². The van der Waals surface area contributed by atoms with Gasteiger partial charge in [0.1, 0.15) is 24.9 Å². The summed E-state index contributed by atoms with van der Waals surface area (Å²) in [6, 6.07) is 25.0. The van der Waals surface area contributed by atoms with E-state index >= 15 is 0 Å². The molecule has 1 aliphatic rings. The van der Waals surface area contributed by atoms with E-state index in [-0.39, 0.29) is 18.5 Å². The largest absolute Gasteiger partial charge is 0.489 e. The summed E-state index contributed by atoms with van der Waals surface area (Å²) in [4.78, 5) is 28.5. The summed E-state index contributed by atoms with van der Waals surface area (Å²) in [5.41, 5.74) is 2.20. The first-order valence-corrected chi connectivity index (χ1v) is 15.9. The van der Waals surface area contributed by atoms with Crippen LogP contribution in [0.1, 0.15) is 50.2 Å². The maximum Gasteiger partial charge on any atom is 0.244 e. The highest BCUT2D eigenvalue weighted by atomic mass is 32.2. The Morgan fingerprint density at radius 1 is 0.878 bits per heavy atom. The van der Waals surface area contributed by atoms with Gasteiger partial charge in [0.15, 0.2) is 0 Å². The van der Waals surface area contributed by atoms with Gasteiger partial charge in [-0.05, 0) is 55.2 Å². The molecule has 1 fully saturated rings. The van der Waals surface area contributed by atoms with E-state index in [9.17, 15) is 18.0 Å². The van der Waals surface area contributed by atoms with Crippen LogP contribution in [0.2, 0.25) is 0 Å². The van der Waals surface area contributed by atoms with Crippen molar-refractivity contribution in [2.45, 2.75) is 64.3 Å². The fourth-order valence-electron chi connectivity index (χ4n) is 4.99. The molecule has 1 aliphatic carbocycles. The van der Waals surface area contributed by atoms with Gasteiger partial charge in [-0.2, -0.15) is 0 Å². The Balaban J connectivity index is 1.50. The van der Waals surface area contributed by atoms with Gasteiger partial charge in [-0.1, -0.05) is 79.9 Å². The fraction of sp³-hybridized carbons (Fsp3) is 0.375. The van der Waals surface area contributed by atoms with Crippen molar-refractivity contribution in [1.82, 2.24) is 10.2 Å². The standard InChI is InChI=1S/C32H39N3O5S/c1-25(32(37)33-28-16-10-5-11-17-28)34(22-26-12-6-3-7-13-26)31(36)23-35(41(2,38)39)29-18-20-30(21-19-29)40-24-27-14-8-4-9-15-27/h3-4,6-9,12-15,18-21,25,28H,5,10-11,16-17,22-24H2,1-2H3,(H,33,37)/t25-/m0/s1. The van der Waals surface area contributed by atoms with Crippen LogP contribution in [-0.2, 0) is 32.8 Å². The average Bonchev–Trinajstić information content (AvgIpc) is 2.98. The van der Waals surface area contributed by atoms with Gasteiger partial charge in [-0.15, -0.1) is 0 Å². The Morgan fingerprint density at radius 3 is 2.05 bits per heavy atom. The number of sulfonamides is 1. The van der Waals surface area contributed by atoms with Gasteiger partial charge < -0.3 is 15.0 Å². The average molecular weight is 578 g/mol. The van der Waals surface area contributed by atoms with Crippen molar-refractivity contribution in [3.63, 3.8) is 0 Å². The molecule has 0 radical (unpaired) electrons. The molecule has 41 heavy (non-hydrogen) atoms. The summed E-state index contributed by atoms with van der Waals surface area (Å²) in [5.74, 6) is -0.113. The minimum atomic E-state index is -3.81. The van der Waals surface area contributed by atoms with Crippen molar-refractivity contribution < 1.29 is 22.7 Å². The SMILES string of the molecule is C[C@@H](C(=O)NC1CCCCC1)N(Cc1ccccc1)C(=O)CN(c1ccc(OCc2ccccc2)cc1)S(C)(=O)=O. The fourth-order valence-corrected chi connectivity index (χ4v) is 5.84. The van der Waals surface area contributed by atoms with Gasteiger partial charge in [0.25, 0.3) is 0 Å². The topological polar surface area (TPSA) is 96.0 Å². The van der Waals surface area contributed by atoms with Gasteiger partial charge >= 0.3 is 0 Å². The van der Waals surface area contributed by atoms with Gasteiger partial charge in [-0.3, -0.25) is 13.9 Å². The van der Waals surface area contributed by atoms with Gasteiger partial charge in [0.2, 0.25) is 21.8 Å². The number of carbonyl (C=O) groups is 2. The van der Waals surface area contributed by atoms with Crippen molar-refractivity contribution in [1.29, 1.82) is 0 Å². The van der Waals surface area contributed by atoms with Crippen molar-refractivity contribution >= 4 is 27.5 Å². The quantitative estimate of drug-likeness (QED) is 0.331. The predicted molar refractivity (Wildman–Crippen MR) is 161 cm³/mol. The third kappa shape index (κ3) is 8.82. The minimum Gasteiger partial charge on any atom is -0.489 e. The van der Waals surface area contributed by atoms with Crippen LogP contribution in [0.3, 0.4) is 0 Å². The maximum absolute atomic E-state index is 13.8. The molecular formula is C32H39N3O5S. The zero-order valence-corrected chi connectivity index (χ0v) is 24.6. The number of rotatable bonds is 12. The predicted octanol–water partition coefficient (Wildman–Crippen LogP) is 4.90. The van der Waals surface area contributed by atoms with Crippen LogP contribution in [0.4, 0.5) is 5.69 Å². The number of benzene rings is 3.